The summed E-state index contributed by atoms with van der Waals surface area (Å²) in [5.41, 5.74) is 1.15. The zero-order chi connectivity index (χ0) is 12.7. The first-order valence-corrected chi connectivity index (χ1v) is 6.71. The van der Waals surface area contributed by atoms with E-state index in [2.05, 4.69) is 31.4 Å². The van der Waals surface area contributed by atoms with Gasteiger partial charge in [0.25, 0.3) is 0 Å². The van der Waals surface area contributed by atoms with E-state index in [1.807, 2.05) is 30.3 Å². The fraction of sp³-hybridized carbons (Fsp3) is 0.500. The van der Waals surface area contributed by atoms with Gasteiger partial charge in [0.2, 0.25) is 0 Å². The maximum atomic E-state index is 5.36. The third-order valence-electron chi connectivity index (χ3n) is 3.44. The van der Waals surface area contributed by atoms with Gasteiger partial charge in [-0.3, -0.25) is 0 Å². The highest BCUT2D eigenvalue weighted by molar-refractivity contribution is 7.80. The second kappa shape index (κ2) is 6.60. The van der Waals surface area contributed by atoms with Crippen LogP contribution in [0.25, 0.3) is 0 Å². The van der Waals surface area contributed by atoms with E-state index in [4.69, 9.17) is 12.2 Å². The molecule has 94 valence electrons. The van der Waals surface area contributed by atoms with Gasteiger partial charge >= 0.3 is 0 Å². The molecule has 0 atom stereocenters. The molecule has 0 spiro atoms. The Morgan fingerprint density at radius 3 is 2.06 bits per heavy atom. The number of nitrogens with one attached hydrogen (secondary N) is 2. The van der Waals surface area contributed by atoms with Gasteiger partial charge in [0.15, 0.2) is 5.11 Å². The zero-order valence-electron chi connectivity index (χ0n) is 10.9. The molecule has 1 rings (SSSR count). The normalized spacial score (nSPS) is 11.0. The van der Waals surface area contributed by atoms with Crippen molar-refractivity contribution in [1.82, 2.24) is 5.32 Å². The first kappa shape index (κ1) is 14.0. The Balaban J connectivity index is 2.60. The van der Waals surface area contributed by atoms with Crippen molar-refractivity contribution in [3.05, 3.63) is 30.3 Å². The molecule has 2 nitrogen and oxygen atoms in total. The topological polar surface area (TPSA) is 24.1 Å². The molecule has 0 aliphatic heterocycles. The van der Waals surface area contributed by atoms with Crippen LogP contribution in [0.2, 0.25) is 0 Å². The van der Waals surface area contributed by atoms with Crippen LogP contribution in [-0.4, -0.2) is 10.7 Å². The molecule has 1 aromatic carbocycles. The van der Waals surface area contributed by atoms with Crippen LogP contribution in [0.15, 0.2) is 30.3 Å². The van der Waals surface area contributed by atoms with Crippen LogP contribution < -0.4 is 10.6 Å². The maximum Gasteiger partial charge on any atom is 0.171 e. The fourth-order valence-corrected chi connectivity index (χ4v) is 2.27. The van der Waals surface area contributed by atoms with Crippen molar-refractivity contribution in [2.75, 3.05) is 5.32 Å². The second-order valence-corrected chi connectivity index (χ2v) is 4.69. The van der Waals surface area contributed by atoms with Gasteiger partial charge in [0.1, 0.15) is 0 Å². The Hall–Kier alpha value is -1.09. The van der Waals surface area contributed by atoms with E-state index in [1.165, 1.54) is 0 Å². The molecule has 0 radical (unpaired) electrons. The monoisotopic (exact) mass is 250 g/mol. The predicted molar refractivity (Wildman–Crippen MR) is 79.4 cm³/mol. The summed E-state index contributed by atoms with van der Waals surface area (Å²) >= 11 is 5.36. The molecule has 0 aromatic heterocycles. The number of benzene rings is 1. The predicted octanol–water partition coefficient (Wildman–Crippen LogP) is 3.94. The van der Waals surface area contributed by atoms with Crippen LogP contribution in [0.1, 0.15) is 40.0 Å². The lowest BCUT2D eigenvalue weighted by atomic mass is 9.90. The van der Waals surface area contributed by atoms with Gasteiger partial charge in [-0.25, -0.2) is 0 Å². The van der Waals surface area contributed by atoms with E-state index in [1.54, 1.807) is 0 Å². The highest BCUT2D eigenvalue weighted by Gasteiger charge is 2.24. The number of hydrogen-bond acceptors (Lipinski definition) is 1. The minimum atomic E-state index is 0.124. The van der Waals surface area contributed by atoms with Crippen molar-refractivity contribution in [2.45, 2.75) is 45.6 Å². The molecule has 0 unspecified atom stereocenters. The molecule has 0 aliphatic carbocycles. The van der Waals surface area contributed by atoms with Crippen molar-refractivity contribution >= 4 is 23.0 Å². The number of thiocarbonyl (C=S) groups is 1. The van der Waals surface area contributed by atoms with Crippen molar-refractivity contribution < 1.29 is 0 Å². The van der Waals surface area contributed by atoms with Crippen molar-refractivity contribution in [3.8, 4) is 0 Å². The van der Waals surface area contributed by atoms with Gasteiger partial charge in [0.05, 0.1) is 0 Å². The number of rotatable bonds is 5. The summed E-state index contributed by atoms with van der Waals surface area (Å²) in [5, 5.41) is 7.38. The molecule has 0 heterocycles. The molecule has 3 heteroatoms. The molecule has 2 N–H and O–H groups in total. The number of hydrogen-bond donors (Lipinski definition) is 2. The van der Waals surface area contributed by atoms with E-state index in [0.717, 1.165) is 24.9 Å². The summed E-state index contributed by atoms with van der Waals surface area (Å²) in [7, 11) is 0. The quantitative estimate of drug-likeness (QED) is 0.774. The Bertz CT molecular complexity index is 336. The highest BCUT2D eigenvalue weighted by atomic mass is 32.1. The molecule has 17 heavy (non-hydrogen) atoms. The Morgan fingerprint density at radius 1 is 1.06 bits per heavy atom. The largest absolute Gasteiger partial charge is 0.357 e. The third kappa shape index (κ3) is 4.00. The van der Waals surface area contributed by atoms with Crippen molar-refractivity contribution in [1.29, 1.82) is 0 Å². The fourth-order valence-electron chi connectivity index (χ4n) is 1.94. The van der Waals surface area contributed by atoms with Crippen LogP contribution in [0.5, 0.6) is 0 Å². The van der Waals surface area contributed by atoms with E-state index >= 15 is 0 Å². The highest BCUT2D eigenvalue weighted by Crippen LogP contribution is 2.19. The van der Waals surface area contributed by atoms with Crippen molar-refractivity contribution in [2.24, 2.45) is 0 Å². The third-order valence-corrected chi connectivity index (χ3v) is 3.64. The molecule has 0 fully saturated rings. The Labute approximate surface area is 110 Å². The standard InChI is InChI=1S/C14H22N2S/c1-4-14(5-2,6-3)16-13(17)15-12-10-8-7-9-11-12/h7-11H,4-6H2,1-3H3,(H2,15,16,17). The molecule has 0 saturated carbocycles. The molecular weight excluding hydrogens is 228 g/mol. The van der Waals surface area contributed by atoms with E-state index in [0.29, 0.717) is 5.11 Å². The smallest absolute Gasteiger partial charge is 0.171 e. The summed E-state index contributed by atoms with van der Waals surface area (Å²) < 4.78 is 0. The molecule has 1 aromatic rings. The van der Waals surface area contributed by atoms with Crippen LogP contribution >= 0.6 is 12.2 Å². The summed E-state index contributed by atoms with van der Waals surface area (Å²) in [6.45, 7) is 6.60. The SMILES string of the molecule is CCC(CC)(CC)NC(=S)Nc1ccccc1. The lowest BCUT2D eigenvalue weighted by Gasteiger charge is -2.33. The molecule has 0 bridgehead atoms. The molecule has 0 amide bonds. The van der Waals surface area contributed by atoms with Gasteiger partial charge in [-0.1, -0.05) is 39.0 Å². The Morgan fingerprint density at radius 2 is 1.59 bits per heavy atom. The Kier molecular flexibility index (Phi) is 5.42. The average Bonchev–Trinajstić information content (AvgIpc) is 2.37. The van der Waals surface area contributed by atoms with Crippen LogP contribution in [0.4, 0.5) is 5.69 Å². The second-order valence-electron chi connectivity index (χ2n) is 4.29. The van der Waals surface area contributed by atoms with E-state index in [-0.39, 0.29) is 5.54 Å². The van der Waals surface area contributed by atoms with Gasteiger partial charge in [-0.2, -0.15) is 0 Å². The lowest BCUT2D eigenvalue weighted by molar-refractivity contribution is 0.341. The average molecular weight is 250 g/mol. The van der Waals surface area contributed by atoms with Gasteiger partial charge < -0.3 is 10.6 Å². The molecule has 0 aliphatic rings. The van der Waals surface area contributed by atoms with Crippen LogP contribution in [0, 0.1) is 0 Å². The summed E-state index contributed by atoms with van der Waals surface area (Å²) in [5.74, 6) is 0. The molecule has 0 saturated heterocycles. The minimum absolute atomic E-state index is 0.124. The summed E-state index contributed by atoms with van der Waals surface area (Å²) in [6, 6.07) is 10.0. The first-order chi connectivity index (χ1) is 8.15. The van der Waals surface area contributed by atoms with E-state index in [9.17, 15) is 0 Å². The number of para-hydroxylation sites is 1. The maximum absolute atomic E-state index is 5.36. The summed E-state index contributed by atoms with van der Waals surface area (Å²) in [6.07, 6.45) is 3.24. The minimum Gasteiger partial charge on any atom is -0.357 e. The van der Waals surface area contributed by atoms with Crippen LogP contribution in [0.3, 0.4) is 0 Å². The zero-order valence-corrected chi connectivity index (χ0v) is 11.7. The lowest BCUT2D eigenvalue weighted by Crippen LogP contribution is -2.48. The van der Waals surface area contributed by atoms with E-state index < -0.39 is 0 Å². The van der Waals surface area contributed by atoms with Gasteiger partial charge in [-0.15, -0.1) is 0 Å². The number of anilines is 1. The van der Waals surface area contributed by atoms with Gasteiger partial charge in [0, 0.05) is 11.2 Å². The van der Waals surface area contributed by atoms with Gasteiger partial charge in [-0.05, 0) is 43.6 Å². The summed E-state index contributed by atoms with van der Waals surface area (Å²) in [4.78, 5) is 0. The first-order valence-electron chi connectivity index (χ1n) is 6.30. The van der Waals surface area contributed by atoms with Crippen molar-refractivity contribution in [3.63, 3.8) is 0 Å². The molecular formula is C14H22N2S. The van der Waals surface area contributed by atoms with Crippen LogP contribution in [-0.2, 0) is 0 Å².